The Bertz CT molecular complexity index is 737. The van der Waals surface area contributed by atoms with Gasteiger partial charge in [0.1, 0.15) is 0 Å². The summed E-state index contributed by atoms with van der Waals surface area (Å²) in [6.07, 6.45) is 3.37. The van der Waals surface area contributed by atoms with Crippen molar-refractivity contribution in [3.05, 3.63) is 47.8 Å². The number of hydrogen-bond acceptors (Lipinski definition) is 4. The summed E-state index contributed by atoms with van der Waals surface area (Å²) in [5.41, 5.74) is 4.84. The van der Waals surface area contributed by atoms with Gasteiger partial charge >= 0.3 is 0 Å². The Morgan fingerprint density at radius 1 is 1.00 bits per heavy atom. The maximum absolute atomic E-state index is 12.5. The molecule has 1 N–H and O–H groups in total. The molecular weight excluding hydrogens is 324 g/mol. The van der Waals surface area contributed by atoms with Gasteiger partial charge in [-0.3, -0.25) is 9.78 Å². The quantitative estimate of drug-likeness (QED) is 0.760. The van der Waals surface area contributed by atoms with Crippen LogP contribution in [0.3, 0.4) is 0 Å². The molecule has 5 nitrogen and oxygen atoms in total. The van der Waals surface area contributed by atoms with Crippen molar-refractivity contribution in [3.8, 4) is 0 Å². The number of nitrogens with one attached hydrogen (secondary N) is 1. The third kappa shape index (κ3) is 4.54. The molecule has 1 aromatic carbocycles. The molecule has 0 radical (unpaired) electrons. The van der Waals surface area contributed by atoms with Crippen LogP contribution in [0.25, 0.3) is 0 Å². The predicted octanol–water partition coefficient (Wildman–Crippen LogP) is 4.46. The fourth-order valence-corrected chi connectivity index (χ4v) is 3.05. The number of hydrogen-bond donors (Lipinski definition) is 1. The third-order valence-electron chi connectivity index (χ3n) is 4.65. The maximum atomic E-state index is 12.5. The summed E-state index contributed by atoms with van der Waals surface area (Å²) in [6, 6.07) is 8.27. The maximum Gasteiger partial charge on any atom is 0.255 e. The summed E-state index contributed by atoms with van der Waals surface area (Å²) in [4.78, 5) is 20.9. The molecule has 0 bridgehead atoms. The van der Waals surface area contributed by atoms with Crippen molar-refractivity contribution in [2.45, 2.75) is 34.6 Å². The van der Waals surface area contributed by atoms with Crippen LogP contribution in [0.1, 0.15) is 43.6 Å². The van der Waals surface area contributed by atoms with Gasteiger partial charge in [0, 0.05) is 43.8 Å². The van der Waals surface area contributed by atoms with Gasteiger partial charge in [0.05, 0.1) is 17.4 Å². The van der Waals surface area contributed by atoms with E-state index in [0.29, 0.717) is 18.7 Å². The molecule has 0 atom stereocenters. The topological polar surface area (TPSA) is 48.5 Å². The van der Waals surface area contributed by atoms with Crippen LogP contribution < -0.4 is 10.2 Å². The summed E-state index contributed by atoms with van der Waals surface area (Å²) >= 11 is 0. The zero-order valence-electron chi connectivity index (χ0n) is 16.5. The highest BCUT2D eigenvalue weighted by atomic mass is 16.2. The van der Waals surface area contributed by atoms with Crippen LogP contribution in [-0.2, 0) is 0 Å². The Hall–Kier alpha value is -2.56. The minimum absolute atomic E-state index is 0.0137. The van der Waals surface area contributed by atoms with Gasteiger partial charge in [-0.2, -0.15) is 0 Å². The monoisotopic (exact) mass is 354 g/mol. The average molecular weight is 354 g/mol. The van der Waals surface area contributed by atoms with Gasteiger partial charge in [-0.1, -0.05) is 0 Å². The largest absolute Gasteiger partial charge is 0.372 e. The van der Waals surface area contributed by atoms with Gasteiger partial charge in [0.2, 0.25) is 0 Å². The molecule has 1 amide bonds. The molecule has 2 aromatic rings. The summed E-state index contributed by atoms with van der Waals surface area (Å²) in [7, 11) is 0. The molecule has 1 heterocycles. The number of aromatic nitrogens is 1. The number of anilines is 3. The molecule has 1 aromatic heterocycles. The van der Waals surface area contributed by atoms with Crippen LogP contribution in [0.15, 0.2) is 36.7 Å². The van der Waals surface area contributed by atoms with Gasteiger partial charge < -0.3 is 15.1 Å². The van der Waals surface area contributed by atoms with E-state index in [4.69, 9.17) is 0 Å². The molecule has 0 unspecified atom stereocenters. The molecule has 0 aliphatic rings. The Morgan fingerprint density at radius 2 is 1.69 bits per heavy atom. The number of aryl methyl sites for hydroxylation is 1. The van der Waals surface area contributed by atoms with E-state index < -0.39 is 0 Å². The second-order valence-electron chi connectivity index (χ2n) is 6.24. The first-order valence-corrected chi connectivity index (χ1v) is 9.40. The van der Waals surface area contributed by atoms with E-state index in [1.54, 1.807) is 17.3 Å². The lowest BCUT2D eigenvalue weighted by molar-refractivity contribution is 0.0772. The molecule has 0 fully saturated rings. The van der Waals surface area contributed by atoms with Gasteiger partial charge in [-0.05, 0) is 64.4 Å². The number of carbonyl (C=O) groups is 1. The van der Waals surface area contributed by atoms with Crippen molar-refractivity contribution in [1.82, 2.24) is 9.88 Å². The van der Waals surface area contributed by atoms with Crippen molar-refractivity contribution >= 4 is 23.0 Å². The van der Waals surface area contributed by atoms with E-state index in [0.717, 1.165) is 30.0 Å². The van der Waals surface area contributed by atoms with Gasteiger partial charge in [-0.15, -0.1) is 0 Å². The first kappa shape index (κ1) is 19.8. The zero-order chi connectivity index (χ0) is 19.1. The van der Waals surface area contributed by atoms with Crippen LogP contribution in [0.5, 0.6) is 0 Å². The number of carbonyl (C=O) groups excluding carboxylic acids is 1. The lowest BCUT2D eigenvalue weighted by Crippen LogP contribution is -2.30. The molecule has 26 heavy (non-hydrogen) atoms. The van der Waals surface area contributed by atoms with Crippen molar-refractivity contribution in [1.29, 1.82) is 0 Å². The van der Waals surface area contributed by atoms with E-state index >= 15 is 0 Å². The van der Waals surface area contributed by atoms with Gasteiger partial charge in [0.25, 0.3) is 5.91 Å². The number of benzene rings is 1. The predicted molar refractivity (Wildman–Crippen MR) is 110 cm³/mol. The molecule has 0 spiro atoms. The Kier molecular flexibility index (Phi) is 7.01. The fourth-order valence-electron chi connectivity index (χ4n) is 3.05. The Labute approximate surface area is 157 Å². The second kappa shape index (κ2) is 9.22. The van der Waals surface area contributed by atoms with Crippen LogP contribution in [-0.4, -0.2) is 42.0 Å². The average Bonchev–Trinajstić information content (AvgIpc) is 2.66. The summed E-state index contributed by atoms with van der Waals surface area (Å²) in [6.45, 7) is 13.7. The standard InChI is InChI=1S/C21H30N4O/c1-6-24(7-2)19-10-11-20(16(5)12-19)23-18-13-17(14-22-15-18)21(26)25(8-3)9-4/h10-15,23H,6-9H2,1-5H3. The minimum Gasteiger partial charge on any atom is -0.372 e. The van der Waals surface area contributed by atoms with Crippen LogP contribution in [0, 0.1) is 6.92 Å². The highest BCUT2D eigenvalue weighted by molar-refractivity contribution is 5.95. The molecular formula is C21H30N4O. The second-order valence-corrected chi connectivity index (χ2v) is 6.24. The van der Waals surface area contributed by atoms with E-state index in [2.05, 4.69) is 54.2 Å². The van der Waals surface area contributed by atoms with Gasteiger partial charge in [-0.25, -0.2) is 0 Å². The molecule has 0 aliphatic carbocycles. The highest BCUT2D eigenvalue weighted by Crippen LogP contribution is 2.25. The van der Waals surface area contributed by atoms with Crippen molar-refractivity contribution in [2.24, 2.45) is 0 Å². The van der Waals surface area contributed by atoms with E-state index in [1.165, 1.54) is 5.69 Å². The highest BCUT2D eigenvalue weighted by Gasteiger charge is 2.13. The molecule has 5 heteroatoms. The molecule has 0 aliphatic heterocycles. The number of pyridine rings is 1. The SMILES string of the molecule is CCN(CC)C(=O)c1cncc(Nc2ccc(N(CC)CC)cc2C)c1. The minimum atomic E-state index is 0.0137. The first-order valence-electron chi connectivity index (χ1n) is 9.40. The zero-order valence-corrected chi connectivity index (χ0v) is 16.5. The van der Waals surface area contributed by atoms with Crippen LogP contribution in [0.4, 0.5) is 17.1 Å². The summed E-state index contributed by atoms with van der Waals surface area (Å²) in [5, 5.41) is 3.39. The Morgan fingerprint density at radius 3 is 2.27 bits per heavy atom. The van der Waals surface area contributed by atoms with Crippen molar-refractivity contribution < 1.29 is 4.79 Å². The smallest absolute Gasteiger partial charge is 0.255 e. The fraction of sp³-hybridized carbons (Fsp3) is 0.429. The molecule has 140 valence electrons. The molecule has 2 rings (SSSR count). The lowest BCUT2D eigenvalue weighted by Gasteiger charge is -2.22. The molecule has 0 saturated heterocycles. The van der Waals surface area contributed by atoms with Crippen LogP contribution >= 0.6 is 0 Å². The van der Waals surface area contributed by atoms with Crippen molar-refractivity contribution in [3.63, 3.8) is 0 Å². The first-order chi connectivity index (χ1) is 12.5. The number of rotatable bonds is 8. The third-order valence-corrected chi connectivity index (χ3v) is 4.65. The van der Waals surface area contributed by atoms with E-state index in [9.17, 15) is 4.79 Å². The van der Waals surface area contributed by atoms with E-state index in [1.807, 2.05) is 19.9 Å². The number of amides is 1. The summed E-state index contributed by atoms with van der Waals surface area (Å²) < 4.78 is 0. The van der Waals surface area contributed by atoms with Crippen molar-refractivity contribution in [2.75, 3.05) is 36.4 Å². The lowest BCUT2D eigenvalue weighted by atomic mass is 10.1. The normalized spacial score (nSPS) is 10.5. The summed E-state index contributed by atoms with van der Waals surface area (Å²) in [5.74, 6) is 0.0137. The van der Waals surface area contributed by atoms with Gasteiger partial charge in [0.15, 0.2) is 0 Å². The van der Waals surface area contributed by atoms with E-state index in [-0.39, 0.29) is 5.91 Å². The Balaban J connectivity index is 2.21. The number of nitrogens with zero attached hydrogens (tertiary/aromatic N) is 3. The van der Waals surface area contributed by atoms with Crippen LogP contribution in [0.2, 0.25) is 0 Å². The molecule has 0 saturated carbocycles.